The van der Waals surface area contributed by atoms with E-state index in [0.717, 1.165) is 22.2 Å². The molecule has 0 aliphatic carbocycles. The van der Waals surface area contributed by atoms with Gasteiger partial charge in [0.2, 0.25) is 5.91 Å². The van der Waals surface area contributed by atoms with Crippen LogP contribution in [0.2, 0.25) is 5.02 Å². The Hall–Kier alpha value is -2.70. The molecule has 4 aromatic rings. The van der Waals surface area contributed by atoms with Crippen LogP contribution < -0.4 is 5.32 Å². The molecule has 7 heteroatoms. The fourth-order valence-electron chi connectivity index (χ4n) is 2.62. The van der Waals surface area contributed by atoms with E-state index in [1.165, 1.54) is 11.3 Å². The van der Waals surface area contributed by atoms with E-state index < -0.39 is 0 Å². The molecule has 0 unspecified atom stereocenters. The number of nitrogens with zero attached hydrogens (tertiary/aromatic N) is 2. The number of hydrogen-bond acceptors (Lipinski definition) is 4. The minimum atomic E-state index is -0.0919. The van der Waals surface area contributed by atoms with Gasteiger partial charge < -0.3 is 10.3 Å². The number of hydrogen-bond donors (Lipinski definition) is 2. The smallest absolute Gasteiger partial charge is 0.230 e. The van der Waals surface area contributed by atoms with Crippen molar-refractivity contribution in [2.45, 2.75) is 6.42 Å². The monoisotopic (exact) mass is 368 g/mol. The van der Waals surface area contributed by atoms with Crippen LogP contribution in [0.3, 0.4) is 0 Å². The van der Waals surface area contributed by atoms with Gasteiger partial charge in [0.05, 0.1) is 17.1 Å². The maximum absolute atomic E-state index is 12.2. The first-order valence-corrected chi connectivity index (χ1v) is 8.88. The predicted molar refractivity (Wildman–Crippen MR) is 101 cm³/mol. The highest BCUT2D eigenvalue weighted by molar-refractivity contribution is 7.14. The molecule has 3 aromatic heterocycles. The number of nitrogens with one attached hydrogen (secondary N) is 2. The van der Waals surface area contributed by atoms with Gasteiger partial charge in [-0.3, -0.25) is 4.79 Å². The normalized spacial score (nSPS) is 10.9. The molecule has 0 spiro atoms. The highest BCUT2D eigenvalue weighted by atomic mass is 35.5. The Bertz CT molecular complexity index is 1040. The second kappa shape index (κ2) is 6.66. The number of fused-ring (bicyclic) bond motifs is 1. The molecule has 0 radical (unpaired) electrons. The molecule has 0 aliphatic heterocycles. The number of H-pyrrole nitrogens is 1. The molecule has 25 heavy (non-hydrogen) atoms. The second-order valence-electron chi connectivity index (χ2n) is 5.47. The van der Waals surface area contributed by atoms with Crippen LogP contribution in [0.1, 0.15) is 5.56 Å². The number of thiazole rings is 1. The van der Waals surface area contributed by atoms with E-state index in [4.69, 9.17) is 11.6 Å². The number of anilines is 1. The van der Waals surface area contributed by atoms with Crippen molar-refractivity contribution in [1.29, 1.82) is 0 Å². The molecule has 0 atom stereocenters. The summed E-state index contributed by atoms with van der Waals surface area (Å²) in [5.41, 5.74) is 3.30. The molecule has 0 aliphatic rings. The van der Waals surface area contributed by atoms with Crippen molar-refractivity contribution >= 4 is 45.0 Å². The van der Waals surface area contributed by atoms with E-state index >= 15 is 0 Å². The Morgan fingerprint density at radius 3 is 2.92 bits per heavy atom. The van der Waals surface area contributed by atoms with Gasteiger partial charge in [0.25, 0.3) is 0 Å². The maximum atomic E-state index is 12.2. The lowest BCUT2D eigenvalue weighted by atomic mass is 10.1. The molecule has 0 saturated heterocycles. The fourth-order valence-corrected chi connectivity index (χ4v) is 3.59. The maximum Gasteiger partial charge on any atom is 0.230 e. The zero-order valence-electron chi connectivity index (χ0n) is 13.0. The zero-order chi connectivity index (χ0) is 17.2. The number of carbonyl (C=O) groups excluding carboxylic acids is 1. The summed E-state index contributed by atoms with van der Waals surface area (Å²) >= 11 is 7.66. The van der Waals surface area contributed by atoms with Crippen LogP contribution in [0, 0.1) is 0 Å². The van der Waals surface area contributed by atoms with Crippen molar-refractivity contribution in [3.05, 3.63) is 64.8 Å². The third-order valence-corrected chi connectivity index (χ3v) is 4.83. The third-order valence-electron chi connectivity index (χ3n) is 3.76. The molecule has 1 amide bonds. The molecular weight excluding hydrogens is 356 g/mol. The van der Waals surface area contributed by atoms with Gasteiger partial charge in [0.1, 0.15) is 5.65 Å². The molecular formula is C18H13ClN4OS. The summed E-state index contributed by atoms with van der Waals surface area (Å²) in [7, 11) is 0. The number of halogens is 1. The molecule has 124 valence electrons. The summed E-state index contributed by atoms with van der Waals surface area (Å²) in [4.78, 5) is 24.0. The number of aromatic nitrogens is 3. The fraction of sp³-hybridized carbons (Fsp3) is 0.0556. The molecule has 5 nitrogen and oxygen atoms in total. The summed E-state index contributed by atoms with van der Waals surface area (Å²) in [6, 6.07) is 11.4. The van der Waals surface area contributed by atoms with E-state index in [9.17, 15) is 4.79 Å². The van der Waals surface area contributed by atoms with Crippen molar-refractivity contribution in [2.75, 3.05) is 5.32 Å². The zero-order valence-corrected chi connectivity index (χ0v) is 14.6. The van der Waals surface area contributed by atoms with Crippen molar-refractivity contribution in [3.8, 4) is 11.3 Å². The second-order valence-corrected chi connectivity index (χ2v) is 6.73. The Morgan fingerprint density at radius 1 is 1.24 bits per heavy atom. The summed E-state index contributed by atoms with van der Waals surface area (Å²) < 4.78 is 0. The standard InChI is InChI=1S/C18H13ClN4OS/c19-13-6-7-20-17-16(13)12(9-21-17)14-10-25-18(22-14)23-15(24)8-11-4-2-1-3-5-11/h1-7,9-10H,8H2,(H,20,21)(H,22,23,24). The van der Waals surface area contributed by atoms with Crippen LogP contribution in [-0.4, -0.2) is 20.9 Å². The van der Waals surface area contributed by atoms with Crippen LogP contribution >= 0.6 is 22.9 Å². The lowest BCUT2D eigenvalue weighted by molar-refractivity contribution is -0.115. The van der Waals surface area contributed by atoms with Gasteiger partial charge in [-0.2, -0.15) is 0 Å². The first kappa shape index (κ1) is 15.8. The quantitative estimate of drug-likeness (QED) is 0.556. The number of pyridine rings is 1. The summed E-state index contributed by atoms with van der Waals surface area (Å²) in [5, 5.41) is 6.74. The van der Waals surface area contributed by atoms with Crippen LogP contribution in [0.4, 0.5) is 5.13 Å². The molecule has 3 heterocycles. The first-order chi connectivity index (χ1) is 12.2. The van der Waals surface area contributed by atoms with Crippen LogP contribution in [-0.2, 0) is 11.2 Å². The van der Waals surface area contributed by atoms with E-state index in [2.05, 4.69) is 20.3 Å². The Morgan fingerprint density at radius 2 is 2.08 bits per heavy atom. The number of rotatable bonds is 4. The average Bonchev–Trinajstić information content (AvgIpc) is 3.23. The Balaban J connectivity index is 1.55. The number of carbonyl (C=O) groups is 1. The highest BCUT2D eigenvalue weighted by Gasteiger charge is 2.14. The summed E-state index contributed by atoms with van der Waals surface area (Å²) in [6.07, 6.45) is 3.80. The average molecular weight is 369 g/mol. The largest absolute Gasteiger partial charge is 0.345 e. The lowest BCUT2D eigenvalue weighted by Gasteiger charge is -2.01. The topological polar surface area (TPSA) is 70.7 Å². The van der Waals surface area contributed by atoms with Crippen molar-refractivity contribution in [3.63, 3.8) is 0 Å². The van der Waals surface area contributed by atoms with Gasteiger partial charge in [0, 0.05) is 28.7 Å². The predicted octanol–water partition coefficient (Wildman–Crippen LogP) is 4.52. The van der Waals surface area contributed by atoms with Gasteiger partial charge in [-0.25, -0.2) is 9.97 Å². The Labute approximate surface area is 152 Å². The number of benzene rings is 1. The van der Waals surface area contributed by atoms with Crippen molar-refractivity contribution in [1.82, 2.24) is 15.0 Å². The number of amides is 1. The van der Waals surface area contributed by atoms with Gasteiger partial charge in [-0.05, 0) is 11.6 Å². The molecule has 0 fully saturated rings. The van der Waals surface area contributed by atoms with Gasteiger partial charge >= 0.3 is 0 Å². The van der Waals surface area contributed by atoms with Gasteiger partial charge in [-0.1, -0.05) is 41.9 Å². The molecule has 1 aromatic carbocycles. The molecule has 0 bridgehead atoms. The highest BCUT2D eigenvalue weighted by Crippen LogP contribution is 2.34. The first-order valence-electron chi connectivity index (χ1n) is 7.62. The molecule has 0 saturated carbocycles. The summed E-state index contributed by atoms with van der Waals surface area (Å²) in [5.74, 6) is -0.0919. The number of aromatic amines is 1. The van der Waals surface area contributed by atoms with E-state index in [1.54, 1.807) is 12.3 Å². The van der Waals surface area contributed by atoms with Crippen LogP contribution in [0.5, 0.6) is 0 Å². The third kappa shape index (κ3) is 3.26. The van der Waals surface area contributed by atoms with Crippen molar-refractivity contribution in [2.24, 2.45) is 0 Å². The summed E-state index contributed by atoms with van der Waals surface area (Å²) in [6.45, 7) is 0. The minimum Gasteiger partial charge on any atom is -0.345 e. The SMILES string of the molecule is O=C(Cc1ccccc1)Nc1nc(-c2c[nH]c3nccc(Cl)c23)cs1. The van der Waals surface area contributed by atoms with E-state index in [1.807, 2.05) is 41.9 Å². The minimum absolute atomic E-state index is 0.0919. The molecule has 2 N–H and O–H groups in total. The van der Waals surface area contributed by atoms with E-state index in [-0.39, 0.29) is 5.91 Å². The van der Waals surface area contributed by atoms with Crippen LogP contribution in [0.25, 0.3) is 22.3 Å². The lowest BCUT2D eigenvalue weighted by Crippen LogP contribution is -2.14. The van der Waals surface area contributed by atoms with Gasteiger partial charge in [-0.15, -0.1) is 11.3 Å². The van der Waals surface area contributed by atoms with E-state index in [0.29, 0.717) is 22.2 Å². The van der Waals surface area contributed by atoms with Crippen molar-refractivity contribution < 1.29 is 4.79 Å². The van der Waals surface area contributed by atoms with Gasteiger partial charge in [0.15, 0.2) is 5.13 Å². The molecule has 4 rings (SSSR count). The Kier molecular flexibility index (Phi) is 4.21. The van der Waals surface area contributed by atoms with Crippen LogP contribution in [0.15, 0.2) is 54.2 Å².